The smallest absolute Gasteiger partial charge is 0.233 e. The van der Waals surface area contributed by atoms with Crippen LogP contribution in [0.1, 0.15) is 12.5 Å². The van der Waals surface area contributed by atoms with E-state index in [1.165, 1.54) is 23.9 Å². The highest BCUT2D eigenvalue weighted by atomic mass is 32.2. The highest BCUT2D eigenvalue weighted by Gasteiger charge is 2.15. The third-order valence-electron chi connectivity index (χ3n) is 4.28. The van der Waals surface area contributed by atoms with Crippen LogP contribution in [0.25, 0.3) is 5.69 Å². The second-order valence-corrected chi connectivity index (χ2v) is 7.05. The minimum Gasteiger partial charge on any atom is -0.497 e. The lowest BCUT2D eigenvalue weighted by molar-refractivity contribution is -0.128. The predicted molar refractivity (Wildman–Crippen MR) is 108 cm³/mol. The standard InChI is InChI=1S/C21H22FN3O2S/c1-3-24(14-16-5-4-6-17(22)13-16)20(26)15-28-21-23-11-12-25(21)18-7-9-19(27-2)10-8-18/h4-13H,3,14-15H2,1-2H3. The molecule has 5 nitrogen and oxygen atoms in total. The number of ether oxygens (including phenoxy) is 1. The molecule has 7 heteroatoms. The van der Waals surface area contributed by atoms with Gasteiger partial charge in [-0.2, -0.15) is 0 Å². The fourth-order valence-corrected chi connectivity index (χ4v) is 3.66. The number of aromatic nitrogens is 2. The summed E-state index contributed by atoms with van der Waals surface area (Å²) in [7, 11) is 1.63. The van der Waals surface area contributed by atoms with E-state index in [4.69, 9.17) is 4.74 Å². The van der Waals surface area contributed by atoms with Gasteiger partial charge in [-0.1, -0.05) is 23.9 Å². The lowest BCUT2D eigenvalue weighted by Gasteiger charge is -2.21. The molecule has 1 heterocycles. The molecule has 0 aliphatic rings. The average Bonchev–Trinajstić information content (AvgIpc) is 3.19. The topological polar surface area (TPSA) is 47.4 Å². The van der Waals surface area contributed by atoms with Crippen LogP contribution in [0.2, 0.25) is 0 Å². The van der Waals surface area contributed by atoms with Crippen molar-refractivity contribution in [2.45, 2.75) is 18.6 Å². The van der Waals surface area contributed by atoms with Gasteiger partial charge in [0.2, 0.25) is 5.91 Å². The van der Waals surface area contributed by atoms with Crippen LogP contribution < -0.4 is 4.74 Å². The van der Waals surface area contributed by atoms with Crippen LogP contribution in [0, 0.1) is 5.82 Å². The molecule has 0 atom stereocenters. The minimum absolute atomic E-state index is 0.0129. The molecule has 3 rings (SSSR count). The Morgan fingerprint density at radius 2 is 2.04 bits per heavy atom. The van der Waals surface area contributed by atoms with E-state index in [1.54, 1.807) is 24.3 Å². The van der Waals surface area contributed by atoms with Gasteiger partial charge in [0.15, 0.2) is 5.16 Å². The highest BCUT2D eigenvalue weighted by molar-refractivity contribution is 7.99. The molecule has 146 valence electrons. The number of nitrogens with zero attached hydrogens (tertiary/aromatic N) is 3. The van der Waals surface area contributed by atoms with Gasteiger partial charge in [0.25, 0.3) is 0 Å². The molecule has 2 aromatic carbocycles. The Hall–Kier alpha value is -2.80. The predicted octanol–water partition coefficient (Wildman–Crippen LogP) is 4.16. The Bertz CT molecular complexity index is 927. The molecule has 1 amide bonds. The number of thioether (sulfide) groups is 1. The normalized spacial score (nSPS) is 10.7. The van der Waals surface area contributed by atoms with Crippen LogP contribution in [0.5, 0.6) is 5.75 Å². The Balaban J connectivity index is 1.64. The summed E-state index contributed by atoms with van der Waals surface area (Å²) < 4.78 is 20.5. The highest BCUT2D eigenvalue weighted by Crippen LogP contribution is 2.23. The SMILES string of the molecule is CCN(Cc1cccc(F)c1)C(=O)CSc1nccn1-c1ccc(OC)cc1. The minimum atomic E-state index is -0.295. The summed E-state index contributed by atoms with van der Waals surface area (Å²) in [6, 6.07) is 14.0. The molecule has 0 unspecified atom stereocenters. The zero-order chi connectivity index (χ0) is 19.9. The lowest BCUT2D eigenvalue weighted by atomic mass is 10.2. The van der Waals surface area contributed by atoms with Gasteiger partial charge in [-0.05, 0) is 48.9 Å². The Morgan fingerprint density at radius 1 is 1.25 bits per heavy atom. The molecule has 0 bridgehead atoms. The number of halogens is 1. The second-order valence-electron chi connectivity index (χ2n) is 6.10. The lowest BCUT2D eigenvalue weighted by Crippen LogP contribution is -2.31. The third kappa shape index (κ3) is 4.92. The molecule has 3 aromatic rings. The molecule has 0 aliphatic heterocycles. The van der Waals surface area contributed by atoms with Crippen molar-refractivity contribution in [3.63, 3.8) is 0 Å². The number of imidazole rings is 1. The van der Waals surface area contributed by atoms with Gasteiger partial charge in [-0.25, -0.2) is 9.37 Å². The molecule has 28 heavy (non-hydrogen) atoms. The number of amides is 1. The number of methoxy groups -OCH3 is 1. The second kappa shape index (κ2) is 9.41. The Kier molecular flexibility index (Phi) is 6.71. The van der Waals surface area contributed by atoms with E-state index in [0.717, 1.165) is 22.2 Å². The zero-order valence-electron chi connectivity index (χ0n) is 15.8. The first-order valence-corrected chi connectivity index (χ1v) is 9.92. The fourth-order valence-electron chi connectivity index (χ4n) is 2.79. The summed E-state index contributed by atoms with van der Waals surface area (Å²) in [6.45, 7) is 2.86. The molecule has 0 fully saturated rings. The van der Waals surface area contributed by atoms with Crippen LogP contribution in [-0.4, -0.2) is 39.8 Å². The van der Waals surface area contributed by atoms with Crippen molar-refractivity contribution >= 4 is 17.7 Å². The summed E-state index contributed by atoms with van der Waals surface area (Å²) in [4.78, 5) is 18.7. The van der Waals surface area contributed by atoms with E-state index in [0.29, 0.717) is 13.1 Å². The van der Waals surface area contributed by atoms with Crippen LogP contribution in [0.3, 0.4) is 0 Å². The number of rotatable bonds is 8. The summed E-state index contributed by atoms with van der Waals surface area (Å²) in [6.07, 6.45) is 3.57. The van der Waals surface area contributed by atoms with Gasteiger partial charge in [0, 0.05) is 31.2 Å². The first kappa shape index (κ1) is 19.9. The van der Waals surface area contributed by atoms with Crippen LogP contribution >= 0.6 is 11.8 Å². The number of carbonyl (C=O) groups is 1. The van der Waals surface area contributed by atoms with Crippen LogP contribution in [0.15, 0.2) is 66.1 Å². The summed E-state index contributed by atoms with van der Waals surface area (Å²) in [5.41, 5.74) is 1.72. The molecule has 0 N–H and O–H groups in total. The maximum Gasteiger partial charge on any atom is 0.233 e. The molecule has 0 aliphatic carbocycles. The molecule has 1 aromatic heterocycles. The third-order valence-corrected chi connectivity index (χ3v) is 5.23. The van der Waals surface area contributed by atoms with E-state index in [2.05, 4.69) is 4.98 Å². The van der Waals surface area contributed by atoms with Crippen molar-refractivity contribution in [3.8, 4) is 11.4 Å². The van der Waals surface area contributed by atoms with Gasteiger partial charge in [0.05, 0.1) is 12.9 Å². The fraction of sp³-hybridized carbons (Fsp3) is 0.238. The Labute approximate surface area is 168 Å². The van der Waals surface area contributed by atoms with Crippen molar-refractivity contribution < 1.29 is 13.9 Å². The maximum atomic E-state index is 13.4. The summed E-state index contributed by atoms with van der Waals surface area (Å²) >= 11 is 1.38. The van der Waals surface area contributed by atoms with Crippen molar-refractivity contribution in [3.05, 3.63) is 72.3 Å². The zero-order valence-corrected chi connectivity index (χ0v) is 16.7. The van der Waals surface area contributed by atoms with Gasteiger partial charge < -0.3 is 9.64 Å². The van der Waals surface area contributed by atoms with Gasteiger partial charge >= 0.3 is 0 Å². The van der Waals surface area contributed by atoms with Crippen molar-refractivity contribution in [2.75, 3.05) is 19.4 Å². The number of benzene rings is 2. The monoisotopic (exact) mass is 399 g/mol. The Morgan fingerprint density at radius 3 is 2.71 bits per heavy atom. The molecular weight excluding hydrogens is 377 g/mol. The average molecular weight is 399 g/mol. The van der Waals surface area contributed by atoms with E-state index in [1.807, 2.05) is 48.0 Å². The van der Waals surface area contributed by atoms with Gasteiger partial charge in [-0.3, -0.25) is 9.36 Å². The van der Waals surface area contributed by atoms with Crippen molar-refractivity contribution in [1.82, 2.24) is 14.5 Å². The van der Waals surface area contributed by atoms with E-state index in [9.17, 15) is 9.18 Å². The molecular formula is C21H22FN3O2S. The van der Waals surface area contributed by atoms with E-state index < -0.39 is 0 Å². The van der Waals surface area contributed by atoms with E-state index >= 15 is 0 Å². The summed E-state index contributed by atoms with van der Waals surface area (Å²) in [5, 5.41) is 0.736. The molecule has 0 saturated heterocycles. The number of hydrogen-bond acceptors (Lipinski definition) is 4. The van der Waals surface area contributed by atoms with Crippen LogP contribution in [-0.2, 0) is 11.3 Å². The van der Waals surface area contributed by atoms with Gasteiger partial charge in [-0.15, -0.1) is 0 Å². The quantitative estimate of drug-likeness (QED) is 0.534. The first-order chi connectivity index (χ1) is 13.6. The molecule has 0 spiro atoms. The van der Waals surface area contributed by atoms with Gasteiger partial charge in [0.1, 0.15) is 11.6 Å². The van der Waals surface area contributed by atoms with Crippen molar-refractivity contribution in [2.24, 2.45) is 0 Å². The van der Waals surface area contributed by atoms with Crippen LogP contribution in [0.4, 0.5) is 4.39 Å². The molecule has 0 saturated carbocycles. The maximum absolute atomic E-state index is 13.4. The molecule has 0 radical (unpaired) electrons. The summed E-state index contributed by atoms with van der Waals surface area (Å²) in [5.74, 6) is 0.734. The number of carbonyl (C=O) groups excluding carboxylic acids is 1. The van der Waals surface area contributed by atoms with Crippen molar-refractivity contribution in [1.29, 1.82) is 0 Å². The number of hydrogen-bond donors (Lipinski definition) is 0. The van der Waals surface area contributed by atoms with E-state index in [-0.39, 0.29) is 17.5 Å². The largest absolute Gasteiger partial charge is 0.497 e. The first-order valence-electron chi connectivity index (χ1n) is 8.93.